The van der Waals surface area contributed by atoms with Gasteiger partial charge in [0.2, 0.25) is 5.78 Å². The highest BCUT2D eigenvalue weighted by atomic mass is 16.5. The molecule has 1 heterocycles. The topological polar surface area (TPSA) is 47.4 Å². The van der Waals surface area contributed by atoms with Crippen molar-refractivity contribution >= 4 is 5.78 Å². The maximum Gasteiger partial charge on any atom is 0.204 e. The Kier molecular flexibility index (Phi) is 4.51. The Morgan fingerprint density at radius 2 is 2.00 bits per heavy atom. The molecule has 0 spiro atoms. The molecular weight excluding hydrogens is 230 g/mol. The van der Waals surface area contributed by atoms with Gasteiger partial charge in [0.25, 0.3) is 0 Å². The zero-order valence-corrected chi connectivity index (χ0v) is 12.1. The third-order valence-electron chi connectivity index (χ3n) is 3.79. The summed E-state index contributed by atoms with van der Waals surface area (Å²) in [5.41, 5.74) is 0.0380. The van der Waals surface area contributed by atoms with Crippen molar-refractivity contribution in [1.82, 2.24) is 14.7 Å². The molecule has 1 aromatic heterocycles. The lowest BCUT2D eigenvalue weighted by atomic mass is 9.85. The van der Waals surface area contributed by atoms with Gasteiger partial charge >= 0.3 is 0 Å². The smallest absolute Gasteiger partial charge is 0.204 e. The first kappa shape index (κ1) is 14.7. The van der Waals surface area contributed by atoms with Crippen LogP contribution in [0.5, 0.6) is 5.75 Å². The number of likely N-dealkylation sites (N-methyl/N-ethyl adjacent to an activating group) is 1. The number of ether oxygens (including phenoxy) is 1. The summed E-state index contributed by atoms with van der Waals surface area (Å²) in [4.78, 5) is 14.8. The van der Waals surface area contributed by atoms with E-state index in [0.29, 0.717) is 11.4 Å². The number of carbonyl (C=O) groups excluding carboxylic acids is 1. The minimum absolute atomic E-state index is 0.0642. The molecule has 1 aromatic rings. The first-order valence-electron chi connectivity index (χ1n) is 6.22. The summed E-state index contributed by atoms with van der Waals surface area (Å²) in [5, 5.41) is 4.10. The summed E-state index contributed by atoms with van der Waals surface area (Å²) >= 11 is 0. The number of hydrogen-bond acceptors (Lipinski definition) is 4. The summed E-state index contributed by atoms with van der Waals surface area (Å²) < 4.78 is 6.82. The number of nitrogens with zero attached hydrogens (tertiary/aromatic N) is 3. The van der Waals surface area contributed by atoms with E-state index in [4.69, 9.17) is 4.74 Å². The molecule has 0 atom stereocenters. The number of Topliss-reactive ketones (excluding diaryl/α,β-unsaturated/α-hetero) is 1. The first-order chi connectivity index (χ1) is 8.44. The number of hydrogen-bond donors (Lipinski definition) is 0. The minimum atomic E-state index is -0.499. The molecule has 0 saturated carbocycles. The van der Waals surface area contributed by atoms with Gasteiger partial charge in [-0.05, 0) is 26.9 Å². The van der Waals surface area contributed by atoms with Crippen LogP contribution in [0.15, 0.2) is 6.20 Å². The molecule has 0 aliphatic rings. The van der Waals surface area contributed by atoms with Gasteiger partial charge in [-0.2, -0.15) is 5.10 Å². The van der Waals surface area contributed by atoms with E-state index in [1.807, 2.05) is 32.8 Å². The molecule has 0 aromatic carbocycles. The lowest BCUT2D eigenvalue weighted by molar-refractivity contribution is 0.0642. The molecule has 0 aliphatic heterocycles. The van der Waals surface area contributed by atoms with Crippen molar-refractivity contribution in [2.24, 2.45) is 7.05 Å². The maximum atomic E-state index is 12.8. The number of aryl methyl sites for hydroxylation is 1. The van der Waals surface area contributed by atoms with Gasteiger partial charge in [0.15, 0.2) is 5.75 Å². The lowest BCUT2D eigenvalue weighted by Crippen LogP contribution is -2.50. The zero-order chi connectivity index (χ0) is 13.9. The normalized spacial score (nSPS) is 11.9. The van der Waals surface area contributed by atoms with E-state index < -0.39 is 5.54 Å². The number of ketones is 1. The Morgan fingerprint density at radius 3 is 2.39 bits per heavy atom. The number of aromatic nitrogens is 2. The summed E-state index contributed by atoms with van der Waals surface area (Å²) in [6.07, 6.45) is 3.09. The number of methoxy groups -OCH3 is 1. The molecule has 0 aliphatic carbocycles. The van der Waals surface area contributed by atoms with Crippen LogP contribution in [0.25, 0.3) is 0 Å². The third-order valence-corrected chi connectivity index (χ3v) is 3.79. The third kappa shape index (κ3) is 2.14. The van der Waals surface area contributed by atoms with Crippen LogP contribution in [-0.2, 0) is 7.05 Å². The molecule has 0 fully saturated rings. The predicted molar refractivity (Wildman–Crippen MR) is 71.1 cm³/mol. The monoisotopic (exact) mass is 253 g/mol. The van der Waals surface area contributed by atoms with Crippen molar-refractivity contribution in [3.63, 3.8) is 0 Å². The molecule has 0 amide bonds. The second kappa shape index (κ2) is 5.52. The molecule has 0 radical (unpaired) electrons. The van der Waals surface area contributed by atoms with Crippen LogP contribution in [0.1, 0.15) is 37.2 Å². The predicted octanol–water partition coefficient (Wildman–Crippen LogP) is 1.73. The van der Waals surface area contributed by atoms with Crippen molar-refractivity contribution in [2.45, 2.75) is 32.2 Å². The highest BCUT2D eigenvalue weighted by Crippen LogP contribution is 2.30. The van der Waals surface area contributed by atoms with Crippen molar-refractivity contribution in [2.75, 3.05) is 21.2 Å². The van der Waals surface area contributed by atoms with Crippen LogP contribution < -0.4 is 4.74 Å². The van der Waals surface area contributed by atoms with Crippen LogP contribution in [0.3, 0.4) is 0 Å². The molecule has 102 valence electrons. The molecule has 0 N–H and O–H groups in total. The Bertz CT molecular complexity index is 420. The highest BCUT2D eigenvalue weighted by molar-refractivity contribution is 6.03. The van der Waals surface area contributed by atoms with Gasteiger partial charge in [0, 0.05) is 7.05 Å². The Hall–Kier alpha value is -1.36. The zero-order valence-electron chi connectivity index (χ0n) is 12.1. The minimum Gasteiger partial charge on any atom is -0.493 e. The van der Waals surface area contributed by atoms with Crippen LogP contribution in [-0.4, -0.2) is 47.2 Å². The SMILES string of the molecule is CCC(CC)(C(=O)c1c(OC)cnn1C)N(C)C. The number of rotatable bonds is 6. The molecule has 1 rings (SSSR count). The van der Waals surface area contributed by atoms with Crippen LogP contribution in [0, 0.1) is 0 Å². The van der Waals surface area contributed by atoms with E-state index >= 15 is 0 Å². The molecule has 5 nitrogen and oxygen atoms in total. The van der Waals surface area contributed by atoms with Gasteiger partial charge in [-0.25, -0.2) is 0 Å². The lowest BCUT2D eigenvalue weighted by Gasteiger charge is -2.36. The Balaban J connectivity index is 3.30. The van der Waals surface area contributed by atoms with Crippen LogP contribution in [0.4, 0.5) is 0 Å². The van der Waals surface area contributed by atoms with E-state index in [1.165, 1.54) is 0 Å². The summed E-state index contributed by atoms with van der Waals surface area (Å²) in [6.45, 7) is 4.06. The molecule has 0 bridgehead atoms. The molecular formula is C13H23N3O2. The molecule has 0 saturated heterocycles. The Morgan fingerprint density at radius 1 is 1.44 bits per heavy atom. The second-order valence-electron chi connectivity index (χ2n) is 4.65. The van der Waals surface area contributed by atoms with Gasteiger partial charge in [-0.1, -0.05) is 13.8 Å². The van der Waals surface area contributed by atoms with Crippen LogP contribution >= 0.6 is 0 Å². The average molecular weight is 253 g/mol. The fourth-order valence-corrected chi connectivity index (χ4v) is 2.45. The first-order valence-corrected chi connectivity index (χ1v) is 6.22. The molecule has 0 unspecified atom stereocenters. The highest BCUT2D eigenvalue weighted by Gasteiger charge is 2.40. The van der Waals surface area contributed by atoms with Crippen molar-refractivity contribution < 1.29 is 9.53 Å². The Labute approximate surface area is 109 Å². The average Bonchev–Trinajstić information content (AvgIpc) is 2.71. The van der Waals surface area contributed by atoms with E-state index in [1.54, 1.807) is 25.0 Å². The fraction of sp³-hybridized carbons (Fsp3) is 0.692. The van der Waals surface area contributed by atoms with Gasteiger partial charge in [0.05, 0.1) is 18.8 Å². The quantitative estimate of drug-likeness (QED) is 0.724. The van der Waals surface area contributed by atoms with Crippen LogP contribution in [0.2, 0.25) is 0 Å². The fourth-order valence-electron chi connectivity index (χ4n) is 2.45. The standard InChI is InChI=1S/C13H23N3O2/c1-7-13(8-2,15(3)4)12(17)11-10(18-6)9-14-16(11)5/h9H,7-8H2,1-6H3. The molecule has 18 heavy (non-hydrogen) atoms. The number of carbonyl (C=O) groups is 1. The van der Waals surface area contributed by atoms with E-state index in [2.05, 4.69) is 5.10 Å². The summed E-state index contributed by atoms with van der Waals surface area (Å²) in [6, 6.07) is 0. The van der Waals surface area contributed by atoms with Gasteiger partial charge in [-0.15, -0.1) is 0 Å². The summed E-state index contributed by atoms with van der Waals surface area (Å²) in [7, 11) is 7.20. The maximum absolute atomic E-state index is 12.8. The van der Waals surface area contributed by atoms with Gasteiger partial charge in [0.1, 0.15) is 5.69 Å². The van der Waals surface area contributed by atoms with E-state index in [9.17, 15) is 4.79 Å². The van der Waals surface area contributed by atoms with Crippen molar-refractivity contribution in [3.05, 3.63) is 11.9 Å². The van der Waals surface area contributed by atoms with Crippen molar-refractivity contribution in [1.29, 1.82) is 0 Å². The largest absolute Gasteiger partial charge is 0.493 e. The van der Waals surface area contributed by atoms with Crippen molar-refractivity contribution in [3.8, 4) is 5.75 Å². The van der Waals surface area contributed by atoms with E-state index in [0.717, 1.165) is 12.8 Å². The molecule has 5 heteroatoms. The van der Waals surface area contributed by atoms with Gasteiger partial charge in [-0.3, -0.25) is 14.4 Å². The van der Waals surface area contributed by atoms with Gasteiger partial charge < -0.3 is 4.74 Å². The van der Waals surface area contributed by atoms with E-state index in [-0.39, 0.29) is 5.78 Å². The summed E-state index contributed by atoms with van der Waals surface area (Å²) in [5.74, 6) is 0.602. The second-order valence-corrected chi connectivity index (χ2v) is 4.65.